The van der Waals surface area contributed by atoms with Crippen LogP contribution in [0.25, 0.3) is 10.6 Å². The van der Waals surface area contributed by atoms with E-state index in [1.807, 2.05) is 6.92 Å². The Labute approximate surface area is 151 Å². The molecule has 3 heterocycles. The lowest BCUT2D eigenvalue weighted by Gasteiger charge is -2.12. The van der Waals surface area contributed by atoms with Crippen LogP contribution in [0.4, 0.5) is 0 Å². The Balaban J connectivity index is 1.31. The maximum absolute atomic E-state index is 12.1. The van der Waals surface area contributed by atoms with Gasteiger partial charge in [0.2, 0.25) is 4.96 Å². The van der Waals surface area contributed by atoms with Crippen molar-refractivity contribution in [2.24, 2.45) is 0 Å². The first-order valence-electron chi connectivity index (χ1n) is 7.73. The van der Waals surface area contributed by atoms with Gasteiger partial charge >= 0.3 is 0 Å². The van der Waals surface area contributed by atoms with Crippen LogP contribution in [0.3, 0.4) is 0 Å². The molecule has 0 radical (unpaired) electrons. The molecule has 0 spiro atoms. The molecule has 11 heteroatoms. The van der Waals surface area contributed by atoms with Crippen molar-refractivity contribution in [2.45, 2.75) is 13.0 Å². The summed E-state index contributed by atoms with van der Waals surface area (Å²) in [6, 6.07) is 6.88. The number of aromatic nitrogens is 7. The maximum atomic E-state index is 12.1. The SMILES string of the molecule is CC(NC(=O)COc1ccc(-n2cnnn2)cc1)c1cn2ncsc2n1. The molecular formula is C15H14N8O2S. The average molecular weight is 370 g/mol. The van der Waals surface area contributed by atoms with E-state index in [9.17, 15) is 4.79 Å². The summed E-state index contributed by atoms with van der Waals surface area (Å²) in [6.45, 7) is 1.78. The van der Waals surface area contributed by atoms with Gasteiger partial charge in [-0.3, -0.25) is 4.79 Å². The molecule has 1 amide bonds. The molecule has 1 atom stereocenters. The fourth-order valence-corrected chi connectivity index (χ4v) is 2.95. The number of nitrogens with zero attached hydrogens (tertiary/aromatic N) is 7. The van der Waals surface area contributed by atoms with Gasteiger partial charge in [-0.2, -0.15) is 5.10 Å². The summed E-state index contributed by atoms with van der Waals surface area (Å²) in [7, 11) is 0. The third-order valence-electron chi connectivity index (χ3n) is 3.65. The van der Waals surface area contributed by atoms with Crippen LogP contribution in [0, 0.1) is 0 Å². The quantitative estimate of drug-likeness (QED) is 0.539. The van der Waals surface area contributed by atoms with E-state index < -0.39 is 0 Å². The molecule has 1 unspecified atom stereocenters. The standard InChI is InChI=1S/C15H14N8O2S/c1-10(13-6-22-15(19-13)26-9-17-22)18-14(24)7-25-12-4-2-11(3-5-12)23-8-16-20-21-23/h2-6,8-10H,7H2,1H3,(H,18,24). The van der Waals surface area contributed by atoms with Gasteiger partial charge in [0.25, 0.3) is 5.91 Å². The Kier molecular flexibility index (Phi) is 4.27. The molecular weight excluding hydrogens is 356 g/mol. The highest BCUT2D eigenvalue weighted by atomic mass is 32.1. The molecule has 132 valence electrons. The molecule has 1 N–H and O–H groups in total. The lowest BCUT2D eigenvalue weighted by molar-refractivity contribution is -0.123. The molecule has 3 aromatic heterocycles. The maximum Gasteiger partial charge on any atom is 0.258 e. The molecule has 0 saturated heterocycles. The molecule has 0 aliphatic heterocycles. The summed E-state index contributed by atoms with van der Waals surface area (Å²) in [5.74, 6) is 0.350. The number of rotatable bonds is 6. The minimum absolute atomic E-state index is 0.0883. The molecule has 4 rings (SSSR count). The summed E-state index contributed by atoms with van der Waals surface area (Å²) in [4.78, 5) is 17.3. The Morgan fingerprint density at radius 2 is 2.19 bits per heavy atom. The van der Waals surface area contributed by atoms with Crippen LogP contribution in [-0.4, -0.2) is 47.3 Å². The predicted octanol–water partition coefficient (Wildman–Crippen LogP) is 1.02. The molecule has 26 heavy (non-hydrogen) atoms. The zero-order valence-electron chi connectivity index (χ0n) is 13.7. The van der Waals surface area contributed by atoms with Crippen molar-refractivity contribution in [1.82, 2.24) is 40.1 Å². The molecule has 0 saturated carbocycles. The van der Waals surface area contributed by atoms with Crippen molar-refractivity contribution in [3.63, 3.8) is 0 Å². The van der Waals surface area contributed by atoms with Crippen molar-refractivity contribution in [3.05, 3.63) is 48.0 Å². The van der Waals surface area contributed by atoms with Crippen molar-refractivity contribution in [1.29, 1.82) is 0 Å². The van der Waals surface area contributed by atoms with Crippen LogP contribution in [-0.2, 0) is 4.79 Å². The second-order valence-electron chi connectivity index (χ2n) is 5.46. The largest absolute Gasteiger partial charge is 0.484 e. The highest BCUT2D eigenvalue weighted by molar-refractivity contribution is 7.14. The van der Waals surface area contributed by atoms with Gasteiger partial charge in [0, 0.05) is 0 Å². The Morgan fingerprint density at radius 1 is 1.35 bits per heavy atom. The first kappa shape index (κ1) is 16.1. The van der Waals surface area contributed by atoms with Gasteiger partial charge in [-0.1, -0.05) is 11.3 Å². The van der Waals surface area contributed by atoms with Crippen molar-refractivity contribution < 1.29 is 9.53 Å². The average Bonchev–Trinajstić information content (AvgIpc) is 3.37. The topological polar surface area (TPSA) is 112 Å². The van der Waals surface area contributed by atoms with Gasteiger partial charge < -0.3 is 10.1 Å². The zero-order valence-corrected chi connectivity index (χ0v) is 14.5. The number of benzene rings is 1. The van der Waals surface area contributed by atoms with Crippen LogP contribution in [0.5, 0.6) is 5.75 Å². The van der Waals surface area contributed by atoms with Crippen LogP contribution in [0.1, 0.15) is 18.7 Å². The molecule has 1 aromatic carbocycles. The molecule has 0 aliphatic rings. The minimum atomic E-state index is -0.234. The summed E-state index contributed by atoms with van der Waals surface area (Å²) >= 11 is 1.44. The summed E-state index contributed by atoms with van der Waals surface area (Å²) in [5, 5.41) is 17.9. The van der Waals surface area contributed by atoms with Crippen LogP contribution < -0.4 is 10.1 Å². The molecule has 4 aromatic rings. The van der Waals surface area contributed by atoms with Gasteiger partial charge in [-0.15, -0.1) is 5.10 Å². The van der Waals surface area contributed by atoms with Crippen LogP contribution >= 0.6 is 11.3 Å². The Bertz CT molecular complexity index is 980. The number of hydrogen-bond donors (Lipinski definition) is 1. The lowest BCUT2D eigenvalue weighted by Crippen LogP contribution is -2.31. The van der Waals surface area contributed by atoms with Crippen molar-refractivity contribution in [3.8, 4) is 11.4 Å². The van der Waals surface area contributed by atoms with Gasteiger partial charge in [-0.25, -0.2) is 14.2 Å². The summed E-state index contributed by atoms with van der Waals surface area (Å²) in [6.07, 6.45) is 3.30. The number of carbonyl (C=O) groups is 1. The van der Waals surface area contributed by atoms with E-state index in [4.69, 9.17) is 4.74 Å². The molecule has 10 nitrogen and oxygen atoms in total. The number of amides is 1. The third-order valence-corrected chi connectivity index (χ3v) is 4.34. The van der Waals surface area contributed by atoms with Gasteiger partial charge in [-0.05, 0) is 41.6 Å². The number of ether oxygens (including phenoxy) is 1. The summed E-state index contributed by atoms with van der Waals surface area (Å²) < 4.78 is 8.73. The van der Waals surface area contributed by atoms with E-state index in [-0.39, 0.29) is 18.6 Å². The zero-order chi connectivity index (χ0) is 17.9. The van der Waals surface area contributed by atoms with Gasteiger partial charge in [0.15, 0.2) is 6.61 Å². The minimum Gasteiger partial charge on any atom is -0.484 e. The highest BCUT2D eigenvalue weighted by Gasteiger charge is 2.14. The van der Waals surface area contributed by atoms with E-state index >= 15 is 0 Å². The van der Waals surface area contributed by atoms with Crippen molar-refractivity contribution >= 4 is 22.2 Å². The second-order valence-corrected chi connectivity index (χ2v) is 6.27. The number of hydrogen-bond acceptors (Lipinski definition) is 8. The number of fused-ring (bicyclic) bond motifs is 1. The second kappa shape index (κ2) is 6.88. The first-order valence-corrected chi connectivity index (χ1v) is 8.61. The number of carbonyl (C=O) groups excluding carboxylic acids is 1. The van der Waals surface area contributed by atoms with E-state index in [0.29, 0.717) is 5.75 Å². The normalized spacial score (nSPS) is 12.2. The molecule has 0 aliphatic carbocycles. The highest BCUT2D eigenvalue weighted by Crippen LogP contribution is 2.16. The van der Waals surface area contributed by atoms with E-state index in [0.717, 1.165) is 16.3 Å². The third kappa shape index (κ3) is 3.37. The fourth-order valence-electron chi connectivity index (χ4n) is 2.34. The lowest BCUT2D eigenvalue weighted by atomic mass is 10.2. The van der Waals surface area contributed by atoms with E-state index in [1.54, 1.807) is 40.5 Å². The van der Waals surface area contributed by atoms with Crippen LogP contribution in [0.15, 0.2) is 42.3 Å². The molecule has 0 fully saturated rings. The Hall–Kier alpha value is -3.34. The smallest absolute Gasteiger partial charge is 0.258 e. The number of nitrogens with one attached hydrogen (secondary N) is 1. The summed E-state index contributed by atoms with van der Waals surface area (Å²) in [5.41, 5.74) is 3.27. The van der Waals surface area contributed by atoms with Crippen molar-refractivity contribution in [2.75, 3.05) is 6.61 Å². The van der Waals surface area contributed by atoms with E-state index in [1.165, 1.54) is 22.3 Å². The van der Waals surface area contributed by atoms with E-state index in [2.05, 4.69) is 30.9 Å². The monoisotopic (exact) mass is 370 g/mol. The van der Waals surface area contributed by atoms with Crippen LogP contribution in [0.2, 0.25) is 0 Å². The predicted molar refractivity (Wildman–Crippen MR) is 92.1 cm³/mol. The Morgan fingerprint density at radius 3 is 2.92 bits per heavy atom. The first-order chi connectivity index (χ1) is 12.7. The van der Waals surface area contributed by atoms with Gasteiger partial charge in [0.05, 0.1) is 23.6 Å². The van der Waals surface area contributed by atoms with Gasteiger partial charge in [0.1, 0.15) is 17.6 Å². The fraction of sp³-hybridized carbons (Fsp3) is 0.200. The number of tetrazole rings is 1. The molecule has 0 bridgehead atoms. The number of imidazole rings is 1.